The second-order valence-electron chi connectivity index (χ2n) is 17.2. The lowest BCUT2D eigenvalue weighted by Crippen LogP contribution is -2.15. The van der Waals surface area contributed by atoms with Crippen molar-refractivity contribution in [1.29, 1.82) is 0 Å². The molecule has 0 unspecified atom stereocenters. The van der Waals surface area contributed by atoms with Crippen LogP contribution in [0.25, 0.3) is 119 Å². The number of hydrogen-bond acceptors (Lipinski definition) is 1. The van der Waals surface area contributed by atoms with Gasteiger partial charge in [0.2, 0.25) is 0 Å². The van der Waals surface area contributed by atoms with Gasteiger partial charge < -0.3 is 0 Å². The Labute approximate surface area is 352 Å². The normalized spacial score (nSPS) is 13.3. The van der Waals surface area contributed by atoms with Crippen LogP contribution >= 0.6 is 11.3 Å². The summed E-state index contributed by atoms with van der Waals surface area (Å²) in [4.78, 5) is 0. The molecule has 0 spiro atoms. The van der Waals surface area contributed by atoms with E-state index in [2.05, 4.69) is 208 Å². The molecule has 0 aliphatic heterocycles. The van der Waals surface area contributed by atoms with Gasteiger partial charge in [0.05, 0.1) is 0 Å². The van der Waals surface area contributed by atoms with Gasteiger partial charge in [0.1, 0.15) is 0 Å². The summed E-state index contributed by atoms with van der Waals surface area (Å²) >= 11 is 1.95. The van der Waals surface area contributed by atoms with Crippen LogP contribution < -0.4 is 0 Å². The topological polar surface area (TPSA) is 0 Å². The van der Waals surface area contributed by atoms with E-state index in [1.54, 1.807) is 0 Å². The third-order valence-corrected chi connectivity index (χ3v) is 14.9. The molecule has 1 aromatic heterocycles. The molecular weight excluding hydrogens is 741 g/mol. The number of hydrogen-bond donors (Lipinski definition) is 0. The number of rotatable bonds is 3. The van der Waals surface area contributed by atoms with Gasteiger partial charge in [-0.15, -0.1) is 11.3 Å². The standard InChI is InChI=1S/C59H38S/c1-59(2)52-30-27-39(50-32-38-16-6-7-17-42(38)56-49-29-25-36-14-5-8-18-43(36)57(49)60-58(50)56)33-51(52)44-28-26-41(34-53(44)59)55-47-21-11-9-19-45(47)54(46-20-10-12-22-48(46)55)40-24-23-35-13-3-4-15-37(35)31-40/h3-34H,1-2H3. The molecule has 0 bridgehead atoms. The highest BCUT2D eigenvalue weighted by molar-refractivity contribution is 7.27. The van der Waals surface area contributed by atoms with Crippen LogP contribution in [-0.2, 0) is 5.41 Å². The first-order valence-electron chi connectivity index (χ1n) is 21.0. The summed E-state index contributed by atoms with van der Waals surface area (Å²) in [6.07, 6.45) is 0. The van der Waals surface area contributed by atoms with Gasteiger partial charge in [-0.1, -0.05) is 184 Å². The van der Waals surface area contributed by atoms with E-state index in [9.17, 15) is 0 Å². The van der Waals surface area contributed by atoms with Gasteiger partial charge in [0.25, 0.3) is 0 Å². The van der Waals surface area contributed by atoms with Gasteiger partial charge in [0, 0.05) is 31.2 Å². The van der Waals surface area contributed by atoms with Crippen LogP contribution in [0, 0.1) is 0 Å². The minimum atomic E-state index is -0.162. The fourth-order valence-corrected chi connectivity index (χ4v) is 12.1. The Morgan fingerprint density at radius 1 is 0.317 bits per heavy atom. The second-order valence-corrected chi connectivity index (χ2v) is 18.2. The van der Waals surface area contributed by atoms with Crippen molar-refractivity contribution in [3.05, 3.63) is 205 Å². The van der Waals surface area contributed by atoms with Gasteiger partial charge in [-0.2, -0.15) is 0 Å². The smallest absolute Gasteiger partial charge is 0.0440 e. The monoisotopic (exact) mass is 778 g/mol. The van der Waals surface area contributed by atoms with Crippen molar-refractivity contribution in [2.45, 2.75) is 19.3 Å². The molecule has 13 rings (SSSR count). The molecule has 12 aromatic rings. The fraction of sp³-hybridized carbons (Fsp3) is 0.0508. The lowest BCUT2D eigenvalue weighted by molar-refractivity contribution is 0.660. The molecule has 0 atom stereocenters. The quantitative estimate of drug-likeness (QED) is 0.157. The number of fused-ring (bicyclic) bond motifs is 13. The van der Waals surface area contributed by atoms with E-state index >= 15 is 0 Å². The Morgan fingerprint density at radius 2 is 0.867 bits per heavy atom. The van der Waals surface area contributed by atoms with E-state index in [4.69, 9.17) is 0 Å². The summed E-state index contributed by atoms with van der Waals surface area (Å²) in [6, 6.07) is 73.0. The van der Waals surface area contributed by atoms with Gasteiger partial charge >= 0.3 is 0 Å². The molecule has 0 amide bonds. The van der Waals surface area contributed by atoms with Crippen LogP contribution in [0.5, 0.6) is 0 Å². The predicted octanol–water partition coefficient (Wildman–Crippen LogP) is 17.1. The van der Waals surface area contributed by atoms with Gasteiger partial charge in [-0.3, -0.25) is 0 Å². The molecule has 0 saturated heterocycles. The van der Waals surface area contributed by atoms with Crippen molar-refractivity contribution in [3.8, 4) is 44.5 Å². The molecule has 1 aliphatic rings. The Bertz CT molecular complexity index is 3750. The van der Waals surface area contributed by atoms with Gasteiger partial charge in [-0.05, 0) is 128 Å². The molecule has 0 saturated carbocycles. The predicted molar refractivity (Wildman–Crippen MR) is 261 cm³/mol. The third kappa shape index (κ3) is 4.73. The highest BCUT2D eigenvalue weighted by atomic mass is 32.1. The highest BCUT2D eigenvalue weighted by Gasteiger charge is 2.36. The molecule has 280 valence electrons. The lowest BCUT2D eigenvalue weighted by Gasteiger charge is -2.23. The highest BCUT2D eigenvalue weighted by Crippen LogP contribution is 2.53. The Morgan fingerprint density at radius 3 is 1.58 bits per heavy atom. The maximum Gasteiger partial charge on any atom is 0.0440 e. The first-order chi connectivity index (χ1) is 29.5. The summed E-state index contributed by atoms with van der Waals surface area (Å²) in [5.74, 6) is 0. The third-order valence-electron chi connectivity index (χ3n) is 13.6. The summed E-state index contributed by atoms with van der Waals surface area (Å²) in [6.45, 7) is 4.82. The number of benzene rings is 11. The molecule has 11 aromatic carbocycles. The van der Waals surface area contributed by atoms with Gasteiger partial charge in [0.15, 0.2) is 0 Å². The molecular formula is C59H38S. The fourth-order valence-electron chi connectivity index (χ4n) is 10.7. The largest absolute Gasteiger partial charge is 0.134 e. The van der Waals surface area contributed by atoms with E-state index in [1.165, 1.54) is 130 Å². The zero-order valence-corrected chi connectivity index (χ0v) is 34.2. The van der Waals surface area contributed by atoms with Crippen LogP contribution in [0.15, 0.2) is 194 Å². The SMILES string of the molecule is CC1(C)c2ccc(-c3cc4ccccc4c4c3sc3c5ccccc5ccc34)cc2-c2ccc(-c3c4ccccc4c(-c4ccc5ccccc5c4)c4ccccc34)cc21. The molecule has 0 N–H and O–H groups in total. The van der Waals surface area contributed by atoms with E-state index in [0.717, 1.165) is 0 Å². The zero-order valence-electron chi connectivity index (χ0n) is 33.4. The van der Waals surface area contributed by atoms with E-state index < -0.39 is 0 Å². The van der Waals surface area contributed by atoms with Crippen molar-refractivity contribution < 1.29 is 0 Å². The minimum absolute atomic E-state index is 0.162. The van der Waals surface area contributed by atoms with Gasteiger partial charge in [-0.25, -0.2) is 0 Å². The molecule has 1 aliphatic carbocycles. The first-order valence-corrected chi connectivity index (χ1v) is 21.8. The number of thiophene rings is 1. The summed E-state index contributed by atoms with van der Waals surface area (Å²) in [7, 11) is 0. The summed E-state index contributed by atoms with van der Waals surface area (Å²) in [5.41, 5.74) is 13.0. The average molecular weight is 779 g/mol. The summed E-state index contributed by atoms with van der Waals surface area (Å²) < 4.78 is 2.73. The molecule has 1 heterocycles. The van der Waals surface area contributed by atoms with Crippen LogP contribution in [0.1, 0.15) is 25.0 Å². The maximum atomic E-state index is 2.50. The van der Waals surface area contributed by atoms with Crippen molar-refractivity contribution in [2.24, 2.45) is 0 Å². The average Bonchev–Trinajstić information content (AvgIpc) is 3.80. The Hall–Kier alpha value is -7.06. The van der Waals surface area contributed by atoms with Crippen molar-refractivity contribution in [2.75, 3.05) is 0 Å². The maximum absolute atomic E-state index is 2.50. The summed E-state index contributed by atoms with van der Waals surface area (Å²) in [5, 5.41) is 15.6. The van der Waals surface area contributed by atoms with Crippen LogP contribution in [0.2, 0.25) is 0 Å². The first kappa shape index (κ1) is 33.9. The van der Waals surface area contributed by atoms with E-state index in [0.29, 0.717) is 0 Å². The molecule has 0 radical (unpaired) electrons. The van der Waals surface area contributed by atoms with Crippen molar-refractivity contribution >= 4 is 85.4 Å². The lowest BCUT2D eigenvalue weighted by atomic mass is 9.80. The second kappa shape index (κ2) is 12.5. The Kier molecular flexibility index (Phi) is 7.04. The van der Waals surface area contributed by atoms with Crippen molar-refractivity contribution in [1.82, 2.24) is 0 Å². The molecule has 60 heavy (non-hydrogen) atoms. The van der Waals surface area contributed by atoms with Crippen molar-refractivity contribution in [3.63, 3.8) is 0 Å². The zero-order chi connectivity index (χ0) is 39.7. The van der Waals surface area contributed by atoms with E-state index in [1.807, 2.05) is 11.3 Å². The minimum Gasteiger partial charge on any atom is -0.134 e. The Balaban J connectivity index is 1.00. The van der Waals surface area contributed by atoms with Crippen LogP contribution in [0.3, 0.4) is 0 Å². The van der Waals surface area contributed by atoms with Crippen LogP contribution in [0.4, 0.5) is 0 Å². The van der Waals surface area contributed by atoms with Crippen LogP contribution in [-0.4, -0.2) is 0 Å². The molecule has 0 nitrogen and oxygen atoms in total. The molecule has 0 fully saturated rings. The molecule has 1 heteroatoms. The van der Waals surface area contributed by atoms with E-state index in [-0.39, 0.29) is 5.41 Å².